The van der Waals surface area contributed by atoms with Gasteiger partial charge in [-0.3, -0.25) is 9.59 Å². The molecule has 1 unspecified atom stereocenters. The maximum atomic E-state index is 11.9. The molecule has 1 atom stereocenters. The molecule has 0 aliphatic heterocycles. The van der Waals surface area contributed by atoms with E-state index in [0.717, 1.165) is 12.8 Å². The van der Waals surface area contributed by atoms with Crippen LogP contribution in [-0.2, 0) is 15.2 Å². The second kappa shape index (κ2) is 6.26. The molecule has 2 aromatic rings. The first-order valence-electron chi connectivity index (χ1n) is 7.50. The number of anilines is 1. The quantitative estimate of drug-likeness (QED) is 0.732. The highest BCUT2D eigenvalue weighted by molar-refractivity contribution is 6.39. The summed E-state index contributed by atoms with van der Waals surface area (Å²) < 4.78 is 5.29. The molecule has 120 valence electrons. The fraction of sp³-hybridized carbons (Fsp3) is 0.294. The zero-order valence-corrected chi connectivity index (χ0v) is 12.5. The molecule has 2 amide bonds. The summed E-state index contributed by atoms with van der Waals surface area (Å²) >= 11 is 0. The molecule has 0 spiro atoms. The van der Waals surface area contributed by atoms with Crippen molar-refractivity contribution in [3.63, 3.8) is 0 Å². The summed E-state index contributed by atoms with van der Waals surface area (Å²) in [4.78, 5) is 23.8. The number of benzene rings is 1. The molecule has 0 bridgehead atoms. The minimum Gasteiger partial charge on any atom is -0.466 e. The van der Waals surface area contributed by atoms with Gasteiger partial charge in [-0.25, -0.2) is 0 Å². The lowest BCUT2D eigenvalue weighted by atomic mass is 9.94. The van der Waals surface area contributed by atoms with E-state index in [1.807, 2.05) is 6.07 Å². The standard InChI is InChI=1S/C17H18N2O4/c20-15(16(21)19-13-5-2-1-3-6-13)18-11-17(22,12-8-9-12)14-7-4-10-23-14/h1-7,10,12,22H,8-9,11H2,(H,18,20)(H,19,21). The average molecular weight is 314 g/mol. The molecule has 0 radical (unpaired) electrons. The number of amides is 2. The predicted molar refractivity (Wildman–Crippen MR) is 83.4 cm³/mol. The van der Waals surface area contributed by atoms with Gasteiger partial charge in [0.25, 0.3) is 0 Å². The zero-order chi connectivity index (χ0) is 16.3. The van der Waals surface area contributed by atoms with Crippen LogP contribution in [0.25, 0.3) is 0 Å². The fourth-order valence-electron chi connectivity index (χ4n) is 2.52. The molecule has 0 saturated heterocycles. The number of para-hydroxylation sites is 1. The Morgan fingerprint density at radius 3 is 2.48 bits per heavy atom. The van der Waals surface area contributed by atoms with Gasteiger partial charge in [-0.1, -0.05) is 18.2 Å². The smallest absolute Gasteiger partial charge is 0.313 e. The maximum Gasteiger partial charge on any atom is 0.313 e. The lowest BCUT2D eigenvalue weighted by Gasteiger charge is -2.26. The number of hydrogen-bond acceptors (Lipinski definition) is 4. The molecule has 3 rings (SSSR count). The number of furan rings is 1. The molecule has 23 heavy (non-hydrogen) atoms. The highest BCUT2D eigenvalue weighted by Crippen LogP contribution is 2.45. The van der Waals surface area contributed by atoms with Crippen molar-refractivity contribution in [2.75, 3.05) is 11.9 Å². The topological polar surface area (TPSA) is 91.6 Å². The van der Waals surface area contributed by atoms with E-state index in [4.69, 9.17) is 4.42 Å². The molecule has 1 aromatic carbocycles. The highest BCUT2D eigenvalue weighted by atomic mass is 16.4. The molecule has 1 heterocycles. The first-order chi connectivity index (χ1) is 11.1. The number of nitrogens with one attached hydrogen (secondary N) is 2. The van der Waals surface area contributed by atoms with Crippen molar-refractivity contribution in [3.8, 4) is 0 Å². The monoisotopic (exact) mass is 314 g/mol. The Balaban J connectivity index is 1.60. The van der Waals surface area contributed by atoms with Crippen LogP contribution in [0.3, 0.4) is 0 Å². The highest BCUT2D eigenvalue weighted by Gasteiger charge is 2.47. The number of carbonyl (C=O) groups excluding carboxylic acids is 2. The van der Waals surface area contributed by atoms with E-state index in [2.05, 4.69) is 10.6 Å². The van der Waals surface area contributed by atoms with E-state index in [-0.39, 0.29) is 12.5 Å². The zero-order valence-electron chi connectivity index (χ0n) is 12.5. The number of hydrogen-bond donors (Lipinski definition) is 3. The third kappa shape index (κ3) is 3.43. The Hall–Kier alpha value is -2.60. The Morgan fingerprint density at radius 2 is 1.87 bits per heavy atom. The van der Waals surface area contributed by atoms with E-state index >= 15 is 0 Å². The van der Waals surface area contributed by atoms with Crippen LogP contribution in [-0.4, -0.2) is 23.5 Å². The van der Waals surface area contributed by atoms with Gasteiger partial charge in [-0.05, 0) is 43.0 Å². The third-order valence-corrected chi connectivity index (χ3v) is 3.96. The predicted octanol–water partition coefficient (Wildman–Crippen LogP) is 1.63. The van der Waals surface area contributed by atoms with Gasteiger partial charge < -0.3 is 20.2 Å². The van der Waals surface area contributed by atoms with Crippen molar-refractivity contribution in [1.29, 1.82) is 0 Å². The molecular formula is C17H18N2O4. The Morgan fingerprint density at radius 1 is 1.13 bits per heavy atom. The molecule has 3 N–H and O–H groups in total. The lowest BCUT2D eigenvalue weighted by molar-refractivity contribution is -0.137. The molecular weight excluding hydrogens is 296 g/mol. The molecule has 1 aliphatic rings. The average Bonchev–Trinajstić information content (AvgIpc) is 3.28. The van der Waals surface area contributed by atoms with E-state index in [0.29, 0.717) is 11.4 Å². The first-order valence-corrected chi connectivity index (χ1v) is 7.50. The van der Waals surface area contributed by atoms with Crippen molar-refractivity contribution in [2.45, 2.75) is 18.4 Å². The van der Waals surface area contributed by atoms with E-state index in [9.17, 15) is 14.7 Å². The Labute approximate surface area is 133 Å². The second-order valence-corrected chi connectivity index (χ2v) is 5.68. The molecule has 6 heteroatoms. The summed E-state index contributed by atoms with van der Waals surface area (Å²) in [5.41, 5.74) is -0.734. The van der Waals surface area contributed by atoms with Crippen molar-refractivity contribution in [2.24, 2.45) is 5.92 Å². The van der Waals surface area contributed by atoms with Crippen LogP contribution in [0, 0.1) is 5.92 Å². The summed E-state index contributed by atoms with van der Waals surface area (Å²) in [6.07, 6.45) is 3.21. The molecule has 1 saturated carbocycles. The lowest BCUT2D eigenvalue weighted by Crippen LogP contribution is -2.45. The minimum atomic E-state index is -1.27. The van der Waals surface area contributed by atoms with Crippen LogP contribution in [0.15, 0.2) is 53.1 Å². The van der Waals surface area contributed by atoms with E-state index < -0.39 is 17.4 Å². The minimum absolute atomic E-state index is 0.0335. The van der Waals surface area contributed by atoms with Crippen LogP contribution >= 0.6 is 0 Å². The van der Waals surface area contributed by atoms with Gasteiger partial charge >= 0.3 is 11.8 Å². The van der Waals surface area contributed by atoms with E-state index in [1.165, 1.54) is 6.26 Å². The van der Waals surface area contributed by atoms with Gasteiger partial charge in [0.05, 0.1) is 12.8 Å². The first kappa shape index (κ1) is 15.3. The summed E-state index contributed by atoms with van der Waals surface area (Å²) in [5.74, 6) is -1.12. The molecule has 1 fully saturated rings. The molecule has 1 aromatic heterocycles. The molecule has 1 aliphatic carbocycles. The van der Waals surface area contributed by atoms with Crippen LogP contribution in [0.5, 0.6) is 0 Å². The van der Waals surface area contributed by atoms with Gasteiger partial charge in [0, 0.05) is 5.69 Å². The second-order valence-electron chi connectivity index (χ2n) is 5.68. The Bertz CT molecular complexity index is 680. The van der Waals surface area contributed by atoms with Crippen molar-refractivity contribution < 1.29 is 19.1 Å². The normalized spacial score (nSPS) is 16.4. The van der Waals surface area contributed by atoms with Gasteiger partial charge in [-0.15, -0.1) is 0 Å². The van der Waals surface area contributed by atoms with Crippen LogP contribution < -0.4 is 10.6 Å². The Kier molecular flexibility index (Phi) is 4.16. The van der Waals surface area contributed by atoms with Crippen LogP contribution in [0.4, 0.5) is 5.69 Å². The molecule has 6 nitrogen and oxygen atoms in total. The number of carbonyl (C=O) groups is 2. The van der Waals surface area contributed by atoms with Gasteiger partial charge in [0.2, 0.25) is 0 Å². The third-order valence-electron chi connectivity index (χ3n) is 3.96. The summed E-state index contributed by atoms with van der Waals surface area (Å²) in [6, 6.07) is 12.1. The fourth-order valence-corrected chi connectivity index (χ4v) is 2.52. The van der Waals surface area contributed by atoms with Crippen molar-refractivity contribution in [3.05, 3.63) is 54.5 Å². The maximum absolute atomic E-state index is 11.9. The number of rotatable bonds is 5. The van der Waals surface area contributed by atoms with Crippen LogP contribution in [0.2, 0.25) is 0 Å². The van der Waals surface area contributed by atoms with E-state index in [1.54, 1.807) is 36.4 Å². The number of aliphatic hydroxyl groups is 1. The van der Waals surface area contributed by atoms with Gasteiger partial charge in [0.15, 0.2) is 0 Å². The van der Waals surface area contributed by atoms with Gasteiger partial charge in [-0.2, -0.15) is 0 Å². The SMILES string of the molecule is O=C(NCC(O)(c1ccco1)C1CC1)C(=O)Nc1ccccc1. The van der Waals surface area contributed by atoms with Crippen LogP contribution in [0.1, 0.15) is 18.6 Å². The summed E-state index contributed by atoms with van der Waals surface area (Å²) in [5, 5.41) is 15.8. The van der Waals surface area contributed by atoms with Crippen molar-refractivity contribution >= 4 is 17.5 Å². The van der Waals surface area contributed by atoms with Gasteiger partial charge in [0.1, 0.15) is 11.4 Å². The van der Waals surface area contributed by atoms with Crippen molar-refractivity contribution in [1.82, 2.24) is 5.32 Å². The summed E-state index contributed by atoms with van der Waals surface area (Å²) in [6.45, 7) is -0.0633. The largest absolute Gasteiger partial charge is 0.466 e. The summed E-state index contributed by atoms with van der Waals surface area (Å²) in [7, 11) is 0.